The Hall–Kier alpha value is -1.68. The Morgan fingerprint density at radius 1 is 1.33 bits per heavy atom. The zero-order valence-electron chi connectivity index (χ0n) is 11.3. The largest absolute Gasteiger partial charge is 0.467 e. The Morgan fingerprint density at radius 3 is 2.57 bits per heavy atom. The minimum atomic E-state index is -1.14. The van der Waals surface area contributed by atoms with Crippen molar-refractivity contribution in [3.8, 4) is 0 Å². The molecule has 0 saturated heterocycles. The van der Waals surface area contributed by atoms with Gasteiger partial charge in [0.05, 0.1) is 25.8 Å². The molecular weight excluding hydrogens is 391 g/mol. The highest BCUT2D eigenvalue weighted by molar-refractivity contribution is 14.1. The number of ether oxygens (including phenoxy) is 1. The highest BCUT2D eigenvalue weighted by Gasteiger charge is 2.20. The third-order valence-corrected chi connectivity index (χ3v) is 3.47. The molecule has 0 radical (unpaired) electrons. The molecule has 0 spiro atoms. The van der Waals surface area contributed by atoms with E-state index in [1.807, 2.05) is 22.6 Å². The number of rotatable bonds is 6. The smallest absolute Gasteiger partial charge is 0.330 e. The molecular formula is C13H15IN2O5. The molecule has 0 bridgehead atoms. The lowest BCUT2D eigenvalue weighted by atomic mass is 10.2. The summed E-state index contributed by atoms with van der Waals surface area (Å²) in [7, 11) is 1.15. The summed E-state index contributed by atoms with van der Waals surface area (Å²) >= 11 is 2.02. The van der Waals surface area contributed by atoms with Crippen molar-refractivity contribution in [1.82, 2.24) is 10.6 Å². The van der Waals surface area contributed by atoms with Crippen molar-refractivity contribution >= 4 is 40.4 Å². The second kappa shape index (κ2) is 8.57. The zero-order valence-corrected chi connectivity index (χ0v) is 13.4. The van der Waals surface area contributed by atoms with E-state index < -0.39 is 30.4 Å². The van der Waals surface area contributed by atoms with Gasteiger partial charge in [0.15, 0.2) is 6.04 Å². The van der Waals surface area contributed by atoms with Crippen LogP contribution < -0.4 is 10.6 Å². The molecule has 0 unspecified atom stereocenters. The van der Waals surface area contributed by atoms with Crippen LogP contribution in [0.15, 0.2) is 24.3 Å². The second-order valence-electron chi connectivity index (χ2n) is 3.99. The Balaban J connectivity index is 2.51. The lowest BCUT2D eigenvalue weighted by Crippen LogP contribution is -2.47. The van der Waals surface area contributed by atoms with Gasteiger partial charge in [-0.2, -0.15) is 0 Å². The molecule has 1 atom stereocenters. The number of esters is 1. The topological polar surface area (TPSA) is 105 Å². The summed E-state index contributed by atoms with van der Waals surface area (Å²) in [6.45, 7) is -0.889. The molecule has 1 rings (SSSR count). The number of hydrogen-bond acceptors (Lipinski definition) is 5. The lowest BCUT2D eigenvalue weighted by molar-refractivity contribution is -0.146. The summed E-state index contributed by atoms with van der Waals surface area (Å²) in [6, 6.07) is 5.79. The van der Waals surface area contributed by atoms with Crippen molar-refractivity contribution in [2.45, 2.75) is 6.04 Å². The quantitative estimate of drug-likeness (QED) is 0.444. The minimum Gasteiger partial charge on any atom is -0.467 e. The maximum atomic E-state index is 11.9. The molecule has 1 aromatic carbocycles. The zero-order chi connectivity index (χ0) is 15.8. The van der Waals surface area contributed by atoms with E-state index in [2.05, 4.69) is 15.4 Å². The van der Waals surface area contributed by atoms with Crippen LogP contribution in [0.3, 0.4) is 0 Å². The van der Waals surface area contributed by atoms with Gasteiger partial charge in [0, 0.05) is 3.57 Å². The van der Waals surface area contributed by atoms with Crippen LogP contribution in [-0.4, -0.2) is 49.2 Å². The van der Waals surface area contributed by atoms with Gasteiger partial charge in [0.25, 0.3) is 5.91 Å². The molecule has 3 N–H and O–H groups in total. The van der Waals surface area contributed by atoms with Gasteiger partial charge in [-0.15, -0.1) is 0 Å². The highest BCUT2D eigenvalue weighted by Crippen LogP contribution is 2.10. The third-order valence-electron chi connectivity index (χ3n) is 2.53. The van der Waals surface area contributed by atoms with Crippen LogP contribution in [0.4, 0.5) is 0 Å². The lowest BCUT2D eigenvalue weighted by Gasteiger charge is -2.14. The number of amides is 2. The minimum absolute atomic E-state index is 0.308. The van der Waals surface area contributed by atoms with Crippen LogP contribution in [0.25, 0.3) is 0 Å². The van der Waals surface area contributed by atoms with E-state index in [-0.39, 0.29) is 6.54 Å². The number of benzene rings is 1. The molecule has 8 heteroatoms. The summed E-state index contributed by atoms with van der Waals surface area (Å²) in [6.07, 6.45) is 0. The van der Waals surface area contributed by atoms with Crippen LogP contribution in [0, 0.1) is 3.57 Å². The number of aliphatic hydroxyl groups excluding tert-OH is 1. The van der Waals surface area contributed by atoms with Crippen molar-refractivity contribution in [2.24, 2.45) is 0 Å². The molecule has 0 aliphatic carbocycles. The summed E-state index contributed by atoms with van der Waals surface area (Å²) in [5, 5.41) is 13.7. The van der Waals surface area contributed by atoms with Crippen LogP contribution in [0.5, 0.6) is 0 Å². The van der Waals surface area contributed by atoms with E-state index in [0.717, 1.165) is 10.7 Å². The third kappa shape index (κ3) is 5.31. The standard InChI is InChI=1S/C13H15IN2O5/c1-21-13(20)10(7-17)16-11(18)6-15-12(19)8-4-2-3-5-9(8)14/h2-5,10,17H,6-7H2,1H3,(H,15,19)(H,16,18)/t10-/m0/s1. The van der Waals surface area contributed by atoms with Crippen LogP contribution in [0.2, 0.25) is 0 Å². The maximum absolute atomic E-state index is 11.9. The predicted molar refractivity (Wildman–Crippen MR) is 82.5 cm³/mol. The fourth-order valence-corrected chi connectivity index (χ4v) is 2.10. The highest BCUT2D eigenvalue weighted by atomic mass is 127. The van der Waals surface area contributed by atoms with Gasteiger partial charge in [-0.05, 0) is 34.7 Å². The monoisotopic (exact) mass is 406 g/mol. The Morgan fingerprint density at radius 2 is 2.00 bits per heavy atom. The fraction of sp³-hybridized carbons (Fsp3) is 0.308. The van der Waals surface area contributed by atoms with Crippen molar-refractivity contribution in [2.75, 3.05) is 20.3 Å². The molecule has 0 aliphatic heterocycles. The Kier molecular flexibility index (Phi) is 7.09. The van der Waals surface area contributed by atoms with Crippen LogP contribution >= 0.6 is 22.6 Å². The molecule has 114 valence electrons. The van der Waals surface area contributed by atoms with Gasteiger partial charge in [0.2, 0.25) is 5.91 Å². The number of carbonyl (C=O) groups is 3. The normalized spacial score (nSPS) is 11.4. The first-order valence-corrected chi connectivity index (χ1v) is 7.08. The van der Waals surface area contributed by atoms with Crippen LogP contribution in [0.1, 0.15) is 10.4 Å². The number of aliphatic hydroxyl groups is 1. The van der Waals surface area contributed by atoms with E-state index >= 15 is 0 Å². The average Bonchev–Trinajstić information content (AvgIpc) is 2.49. The average molecular weight is 406 g/mol. The van der Waals surface area contributed by atoms with E-state index in [9.17, 15) is 14.4 Å². The summed E-state index contributed by atoms with van der Waals surface area (Å²) in [5.74, 6) is -1.75. The number of nitrogens with one attached hydrogen (secondary N) is 2. The van der Waals surface area contributed by atoms with Gasteiger partial charge in [0.1, 0.15) is 0 Å². The van der Waals surface area contributed by atoms with E-state index in [0.29, 0.717) is 5.56 Å². The SMILES string of the molecule is COC(=O)[C@H](CO)NC(=O)CNC(=O)c1ccccc1I. The summed E-state index contributed by atoms with van der Waals surface area (Å²) < 4.78 is 5.17. The van der Waals surface area contributed by atoms with Crippen molar-refractivity contribution < 1.29 is 24.2 Å². The summed E-state index contributed by atoms with van der Waals surface area (Å²) in [5.41, 5.74) is 0.456. The van der Waals surface area contributed by atoms with Gasteiger partial charge >= 0.3 is 5.97 Å². The van der Waals surface area contributed by atoms with Gasteiger partial charge < -0.3 is 20.5 Å². The van der Waals surface area contributed by atoms with E-state index in [1.165, 1.54) is 0 Å². The summed E-state index contributed by atoms with van der Waals surface area (Å²) in [4.78, 5) is 34.7. The second-order valence-corrected chi connectivity index (χ2v) is 5.15. The molecule has 0 aromatic heterocycles. The molecule has 1 aromatic rings. The van der Waals surface area contributed by atoms with Crippen LogP contribution in [-0.2, 0) is 14.3 Å². The fourth-order valence-electron chi connectivity index (χ4n) is 1.47. The van der Waals surface area contributed by atoms with E-state index in [4.69, 9.17) is 5.11 Å². The first kappa shape index (κ1) is 17.4. The number of hydrogen-bond donors (Lipinski definition) is 3. The molecule has 0 fully saturated rings. The molecule has 2 amide bonds. The molecule has 0 aliphatic rings. The predicted octanol–water partition coefficient (Wildman–Crippen LogP) is -0.329. The van der Waals surface area contributed by atoms with Crippen molar-refractivity contribution in [3.63, 3.8) is 0 Å². The molecule has 21 heavy (non-hydrogen) atoms. The maximum Gasteiger partial charge on any atom is 0.330 e. The Bertz CT molecular complexity index is 535. The van der Waals surface area contributed by atoms with Crippen molar-refractivity contribution in [1.29, 1.82) is 0 Å². The first-order valence-electron chi connectivity index (χ1n) is 6.00. The number of carbonyl (C=O) groups excluding carboxylic acids is 3. The Labute approximate surface area is 135 Å². The molecule has 7 nitrogen and oxygen atoms in total. The first-order chi connectivity index (χ1) is 9.99. The van der Waals surface area contributed by atoms with Gasteiger partial charge in [-0.1, -0.05) is 12.1 Å². The van der Waals surface area contributed by atoms with E-state index in [1.54, 1.807) is 24.3 Å². The molecule has 0 saturated carbocycles. The molecule has 0 heterocycles. The number of halogens is 1. The number of methoxy groups -OCH3 is 1. The van der Waals surface area contributed by atoms with Crippen molar-refractivity contribution in [3.05, 3.63) is 33.4 Å². The van der Waals surface area contributed by atoms with Gasteiger partial charge in [-0.3, -0.25) is 9.59 Å². The van der Waals surface area contributed by atoms with Gasteiger partial charge in [-0.25, -0.2) is 4.79 Å².